The van der Waals surface area contributed by atoms with Crippen molar-refractivity contribution in [1.82, 2.24) is 0 Å². The molecule has 3 heteroatoms. The van der Waals surface area contributed by atoms with E-state index in [4.69, 9.17) is 9.47 Å². The Morgan fingerprint density at radius 2 is 1.85 bits per heavy atom. The van der Waals surface area contributed by atoms with E-state index in [1.807, 2.05) is 30.3 Å². The highest BCUT2D eigenvalue weighted by Gasteiger charge is 2.04. The van der Waals surface area contributed by atoms with E-state index in [0.717, 1.165) is 29.9 Å². The molecule has 0 fully saturated rings. The van der Waals surface area contributed by atoms with Crippen LogP contribution in [-0.4, -0.2) is 18.8 Å². The van der Waals surface area contributed by atoms with E-state index in [9.17, 15) is 5.11 Å². The van der Waals surface area contributed by atoms with Crippen molar-refractivity contribution in [1.29, 1.82) is 0 Å². The van der Waals surface area contributed by atoms with E-state index in [-0.39, 0.29) is 6.61 Å². The molecule has 20 heavy (non-hydrogen) atoms. The minimum atomic E-state index is -0.0504. The first-order valence-corrected chi connectivity index (χ1v) is 6.78. The number of hydrogen-bond donors (Lipinski definition) is 1. The number of aliphatic hydroxyl groups is 1. The number of aliphatic hydroxyl groups excluding tert-OH is 1. The molecule has 3 nitrogen and oxygen atoms in total. The van der Waals surface area contributed by atoms with Crippen molar-refractivity contribution in [3.8, 4) is 11.5 Å². The number of aryl methyl sites for hydroxylation is 1. The largest absolute Gasteiger partial charge is 0.497 e. The Bertz CT molecular complexity index is 523. The zero-order valence-corrected chi connectivity index (χ0v) is 11.7. The number of ether oxygens (including phenoxy) is 2. The van der Waals surface area contributed by atoms with E-state index in [1.54, 1.807) is 13.2 Å². The topological polar surface area (TPSA) is 38.7 Å². The van der Waals surface area contributed by atoms with Crippen LogP contribution in [0, 0.1) is 0 Å². The number of methoxy groups -OCH3 is 1. The van der Waals surface area contributed by atoms with Gasteiger partial charge in [0.1, 0.15) is 11.5 Å². The zero-order chi connectivity index (χ0) is 14.2. The third-order valence-electron chi connectivity index (χ3n) is 3.15. The van der Waals surface area contributed by atoms with Crippen molar-refractivity contribution in [2.24, 2.45) is 0 Å². The van der Waals surface area contributed by atoms with Gasteiger partial charge in [0.2, 0.25) is 0 Å². The summed E-state index contributed by atoms with van der Waals surface area (Å²) in [6, 6.07) is 15.8. The van der Waals surface area contributed by atoms with Crippen LogP contribution in [-0.2, 0) is 13.0 Å². The van der Waals surface area contributed by atoms with E-state index < -0.39 is 0 Å². The summed E-state index contributed by atoms with van der Waals surface area (Å²) in [5, 5.41) is 9.34. The Morgan fingerprint density at radius 3 is 2.55 bits per heavy atom. The van der Waals surface area contributed by atoms with Crippen LogP contribution in [0.3, 0.4) is 0 Å². The Balaban J connectivity index is 1.85. The SMILES string of the molecule is COc1ccc(OCCCc2ccccc2)c(CO)c1. The second-order valence-corrected chi connectivity index (χ2v) is 4.57. The second-order valence-electron chi connectivity index (χ2n) is 4.57. The highest BCUT2D eigenvalue weighted by Crippen LogP contribution is 2.24. The predicted octanol–water partition coefficient (Wildman–Crippen LogP) is 3.20. The predicted molar refractivity (Wildman–Crippen MR) is 79.2 cm³/mol. The summed E-state index contributed by atoms with van der Waals surface area (Å²) in [5.41, 5.74) is 2.07. The summed E-state index contributed by atoms with van der Waals surface area (Å²) in [5.74, 6) is 1.45. The number of rotatable bonds is 7. The maximum absolute atomic E-state index is 9.34. The van der Waals surface area contributed by atoms with Crippen molar-refractivity contribution in [2.45, 2.75) is 19.4 Å². The molecule has 0 aromatic heterocycles. The fourth-order valence-electron chi connectivity index (χ4n) is 2.05. The fourth-order valence-corrected chi connectivity index (χ4v) is 2.05. The van der Waals surface area contributed by atoms with Gasteiger partial charge in [-0.1, -0.05) is 30.3 Å². The minimum absolute atomic E-state index is 0.0504. The van der Waals surface area contributed by atoms with Gasteiger partial charge in [0.05, 0.1) is 20.3 Å². The lowest BCUT2D eigenvalue weighted by atomic mass is 10.1. The van der Waals surface area contributed by atoms with Crippen molar-refractivity contribution >= 4 is 0 Å². The van der Waals surface area contributed by atoms with Crippen molar-refractivity contribution in [3.05, 3.63) is 59.7 Å². The Kier molecular flexibility index (Phi) is 5.44. The van der Waals surface area contributed by atoms with Crippen LogP contribution in [0.25, 0.3) is 0 Å². The highest BCUT2D eigenvalue weighted by molar-refractivity contribution is 5.39. The fraction of sp³-hybridized carbons (Fsp3) is 0.294. The smallest absolute Gasteiger partial charge is 0.125 e. The number of benzene rings is 2. The molecule has 2 aromatic rings. The molecule has 0 saturated carbocycles. The van der Waals surface area contributed by atoms with Gasteiger partial charge in [-0.15, -0.1) is 0 Å². The summed E-state index contributed by atoms with van der Waals surface area (Å²) >= 11 is 0. The molecule has 0 amide bonds. The lowest BCUT2D eigenvalue weighted by Gasteiger charge is -2.11. The van der Waals surface area contributed by atoms with Crippen LogP contribution in [0.2, 0.25) is 0 Å². The maximum atomic E-state index is 9.34. The third-order valence-corrected chi connectivity index (χ3v) is 3.15. The molecule has 2 aromatic carbocycles. The van der Waals surface area contributed by atoms with E-state index in [0.29, 0.717) is 6.61 Å². The molecule has 0 unspecified atom stereocenters. The summed E-state index contributed by atoms with van der Waals surface area (Å²) in [7, 11) is 1.61. The van der Waals surface area contributed by atoms with Crippen molar-refractivity contribution in [2.75, 3.05) is 13.7 Å². The van der Waals surface area contributed by atoms with Gasteiger partial charge in [-0.2, -0.15) is 0 Å². The maximum Gasteiger partial charge on any atom is 0.125 e. The Hall–Kier alpha value is -2.00. The van der Waals surface area contributed by atoms with Crippen LogP contribution in [0.5, 0.6) is 11.5 Å². The average molecular weight is 272 g/mol. The molecule has 0 bridgehead atoms. The quantitative estimate of drug-likeness (QED) is 0.787. The summed E-state index contributed by atoms with van der Waals surface area (Å²) in [6.45, 7) is 0.583. The first kappa shape index (κ1) is 14.4. The Morgan fingerprint density at radius 1 is 1.05 bits per heavy atom. The van der Waals surface area contributed by atoms with Crippen molar-refractivity contribution < 1.29 is 14.6 Å². The molecule has 106 valence electrons. The van der Waals surface area contributed by atoms with Crippen LogP contribution >= 0.6 is 0 Å². The van der Waals surface area contributed by atoms with Gasteiger partial charge in [0.25, 0.3) is 0 Å². The summed E-state index contributed by atoms with van der Waals surface area (Å²) < 4.78 is 10.9. The number of hydrogen-bond acceptors (Lipinski definition) is 3. The monoisotopic (exact) mass is 272 g/mol. The molecular weight excluding hydrogens is 252 g/mol. The second kappa shape index (κ2) is 7.56. The molecule has 0 aliphatic rings. The molecule has 2 rings (SSSR count). The van der Waals surface area contributed by atoms with Gasteiger partial charge in [0, 0.05) is 5.56 Å². The first-order chi connectivity index (χ1) is 9.83. The zero-order valence-electron chi connectivity index (χ0n) is 11.7. The molecular formula is C17H20O3. The van der Waals surface area contributed by atoms with E-state index >= 15 is 0 Å². The van der Waals surface area contributed by atoms with E-state index in [1.165, 1.54) is 5.56 Å². The van der Waals surface area contributed by atoms with Gasteiger partial charge in [0.15, 0.2) is 0 Å². The summed E-state index contributed by atoms with van der Waals surface area (Å²) in [6.07, 6.45) is 1.94. The van der Waals surface area contributed by atoms with Gasteiger partial charge in [-0.05, 0) is 36.6 Å². The van der Waals surface area contributed by atoms with Crippen molar-refractivity contribution in [3.63, 3.8) is 0 Å². The first-order valence-electron chi connectivity index (χ1n) is 6.78. The third kappa shape index (κ3) is 4.00. The van der Waals surface area contributed by atoms with Gasteiger partial charge < -0.3 is 14.6 Å². The Labute approximate surface area is 119 Å². The molecule has 0 heterocycles. The summed E-state index contributed by atoms with van der Waals surface area (Å²) in [4.78, 5) is 0. The van der Waals surface area contributed by atoms with Gasteiger partial charge >= 0.3 is 0 Å². The average Bonchev–Trinajstić information content (AvgIpc) is 2.52. The molecule has 0 aliphatic heterocycles. The highest BCUT2D eigenvalue weighted by atomic mass is 16.5. The standard InChI is InChI=1S/C17H20O3/c1-19-16-9-10-17(15(12-16)13-18)20-11-5-8-14-6-3-2-4-7-14/h2-4,6-7,9-10,12,18H,5,8,11,13H2,1H3. The molecule has 0 atom stereocenters. The molecule has 0 spiro atoms. The molecule has 1 N–H and O–H groups in total. The van der Waals surface area contributed by atoms with Crippen LogP contribution in [0.4, 0.5) is 0 Å². The van der Waals surface area contributed by atoms with Crippen LogP contribution in [0.1, 0.15) is 17.5 Å². The normalized spacial score (nSPS) is 10.3. The lowest BCUT2D eigenvalue weighted by molar-refractivity contribution is 0.260. The molecule has 0 aliphatic carbocycles. The van der Waals surface area contributed by atoms with Crippen LogP contribution in [0.15, 0.2) is 48.5 Å². The van der Waals surface area contributed by atoms with E-state index in [2.05, 4.69) is 12.1 Å². The van der Waals surface area contributed by atoms with Crippen LogP contribution < -0.4 is 9.47 Å². The molecule has 0 saturated heterocycles. The van der Waals surface area contributed by atoms with Gasteiger partial charge in [-0.25, -0.2) is 0 Å². The minimum Gasteiger partial charge on any atom is -0.497 e. The van der Waals surface area contributed by atoms with Gasteiger partial charge in [-0.3, -0.25) is 0 Å². The lowest BCUT2D eigenvalue weighted by Crippen LogP contribution is -2.02. The molecule has 0 radical (unpaired) electrons.